The third-order valence-corrected chi connectivity index (χ3v) is 3.58. The van der Waals surface area contributed by atoms with Crippen LogP contribution < -0.4 is 10.6 Å². The molecule has 0 aliphatic carbocycles. The molecule has 26 heavy (non-hydrogen) atoms. The van der Waals surface area contributed by atoms with Crippen LogP contribution in [0.2, 0.25) is 0 Å². The number of pyridine rings is 1. The van der Waals surface area contributed by atoms with Gasteiger partial charge in [0.15, 0.2) is 0 Å². The quantitative estimate of drug-likeness (QED) is 0.736. The van der Waals surface area contributed by atoms with Gasteiger partial charge < -0.3 is 15.5 Å². The highest BCUT2D eigenvalue weighted by Gasteiger charge is 2.33. The monoisotopic (exact) mass is 366 g/mol. The molecule has 2 rings (SSSR count). The van der Waals surface area contributed by atoms with Crippen molar-refractivity contribution in [2.24, 2.45) is 0 Å². The van der Waals surface area contributed by atoms with Crippen molar-refractivity contribution in [1.29, 1.82) is 0 Å². The van der Waals surface area contributed by atoms with Gasteiger partial charge in [-0.05, 0) is 51.3 Å². The fourth-order valence-corrected chi connectivity index (χ4v) is 2.28. The highest BCUT2D eigenvalue weighted by molar-refractivity contribution is 5.92. The van der Waals surface area contributed by atoms with E-state index in [1.165, 1.54) is 36.5 Å². The summed E-state index contributed by atoms with van der Waals surface area (Å²) in [6.07, 6.45) is -2.31. The molecule has 2 N–H and O–H groups in total. The van der Waals surface area contributed by atoms with Crippen LogP contribution in [0.5, 0.6) is 0 Å². The molecule has 0 aliphatic rings. The first-order chi connectivity index (χ1) is 12.3. The predicted molar refractivity (Wildman–Crippen MR) is 94.5 cm³/mol. The van der Waals surface area contributed by atoms with Crippen molar-refractivity contribution in [3.05, 3.63) is 53.9 Å². The van der Waals surface area contributed by atoms with Gasteiger partial charge in [0.25, 0.3) is 5.91 Å². The number of nitrogens with zero attached hydrogens (tertiary/aromatic N) is 2. The van der Waals surface area contributed by atoms with Gasteiger partial charge in [-0.2, -0.15) is 13.2 Å². The molecule has 0 saturated heterocycles. The molecule has 0 atom stereocenters. The summed E-state index contributed by atoms with van der Waals surface area (Å²) in [5.74, 6) is -0.314. The molecular formula is C18H21F3N4O. The topological polar surface area (TPSA) is 57.3 Å². The number of para-hydroxylation sites is 1. The summed E-state index contributed by atoms with van der Waals surface area (Å²) in [6.45, 7) is 1.38. The minimum absolute atomic E-state index is 0.0670. The summed E-state index contributed by atoms with van der Waals surface area (Å²) in [4.78, 5) is 18.0. The number of hydrogen-bond acceptors (Lipinski definition) is 4. The van der Waals surface area contributed by atoms with Crippen molar-refractivity contribution in [3.63, 3.8) is 0 Å². The molecule has 1 heterocycles. The lowest BCUT2D eigenvalue weighted by atomic mass is 10.1. The lowest BCUT2D eigenvalue weighted by Gasteiger charge is -2.14. The maximum atomic E-state index is 13.0. The van der Waals surface area contributed by atoms with Crippen LogP contribution in [0.1, 0.15) is 22.5 Å². The molecule has 140 valence electrons. The first-order valence-electron chi connectivity index (χ1n) is 8.09. The van der Waals surface area contributed by atoms with Gasteiger partial charge in [0, 0.05) is 6.54 Å². The second-order valence-electron chi connectivity index (χ2n) is 6.01. The minimum atomic E-state index is -4.45. The van der Waals surface area contributed by atoms with Crippen LogP contribution >= 0.6 is 0 Å². The third-order valence-electron chi connectivity index (χ3n) is 3.58. The van der Waals surface area contributed by atoms with Gasteiger partial charge >= 0.3 is 6.18 Å². The number of carbonyl (C=O) groups excluding carboxylic acids is 1. The van der Waals surface area contributed by atoms with Crippen LogP contribution in [0.4, 0.5) is 24.5 Å². The number of carbonyl (C=O) groups is 1. The molecular weight excluding hydrogens is 345 g/mol. The number of nitrogens with one attached hydrogen (secondary N) is 2. The van der Waals surface area contributed by atoms with E-state index in [1.807, 2.05) is 19.0 Å². The van der Waals surface area contributed by atoms with Crippen molar-refractivity contribution in [3.8, 4) is 0 Å². The molecule has 0 saturated carbocycles. The highest BCUT2D eigenvalue weighted by atomic mass is 19.4. The van der Waals surface area contributed by atoms with E-state index in [0.29, 0.717) is 12.2 Å². The van der Waals surface area contributed by atoms with Crippen molar-refractivity contribution >= 4 is 17.3 Å². The molecule has 0 fully saturated rings. The van der Waals surface area contributed by atoms with Crippen LogP contribution in [0.3, 0.4) is 0 Å². The molecule has 0 unspecified atom stereocenters. The first-order valence-corrected chi connectivity index (χ1v) is 8.09. The molecule has 0 radical (unpaired) electrons. The predicted octanol–water partition coefficient (Wildman–Crippen LogP) is 3.53. The zero-order valence-corrected chi connectivity index (χ0v) is 14.6. The zero-order chi connectivity index (χ0) is 19.2. The zero-order valence-electron chi connectivity index (χ0n) is 14.6. The second-order valence-corrected chi connectivity index (χ2v) is 6.01. The Labute approximate surface area is 150 Å². The lowest BCUT2D eigenvalue weighted by Crippen LogP contribution is -2.27. The van der Waals surface area contributed by atoms with Gasteiger partial charge in [-0.1, -0.05) is 12.1 Å². The van der Waals surface area contributed by atoms with Gasteiger partial charge in [0.1, 0.15) is 5.69 Å². The fraction of sp³-hybridized carbons (Fsp3) is 0.333. The average molecular weight is 366 g/mol. The number of aromatic nitrogens is 1. The molecule has 2 aromatic rings. The Morgan fingerprint density at radius 1 is 1.15 bits per heavy atom. The van der Waals surface area contributed by atoms with Crippen molar-refractivity contribution in [2.75, 3.05) is 32.5 Å². The lowest BCUT2D eigenvalue weighted by molar-refractivity contribution is -0.136. The van der Waals surface area contributed by atoms with E-state index in [4.69, 9.17) is 0 Å². The van der Waals surface area contributed by atoms with E-state index in [2.05, 4.69) is 15.6 Å². The van der Waals surface area contributed by atoms with Gasteiger partial charge in [0.05, 0.1) is 23.1 Å². The number of benzene rings is 1. The Balaban J connectivity index is 1.99. The van der Waals surface area contributed by atoms with E-state index in [-0.39, 0.29) is 17.3 Å². The molecule has 0 aliphatic heterocycles. The third kappa shape index (κ3) is 5.73. The number of amides is 1. The SMILES string of the molecule is CN(C)CCCNC(=O)c1ccc(Nc2ccccc2C(F)(F)F)cn1. The Kier molecular flexibility index (Phi) is 6.57. The van der Waals surface area contributed by atoms with E-state index in [9.17, 15) is 18.0 Å². The van der Waals surface area contributed by atoms with Gasteiger partial charge in [-0.15, -0.1) is 0 Å². The second kappa shape index (κ2) is 8.66. The van der Waals surface area contributed by atoms with Crippen molar-refractivity contribution < 1.29 is 18.0 Å². The van der Waals surface area contributed by atoms with Crippen molar-refractivity contribution in [1.82, 2.24) is 15.2 Å². The van der Waals surface area contributed by atoms with Crippen molar-refractivity contribution in [2.45, 2.75) is 12.6 Å². The normalized spacial score (nSPS) is 11.5. The Morgan fingerprint density at radius 3 is 2.50 bits per heavy atom. The van der Waals surface area contributed by atoms with Crippen LogP contribution in [0.25, 0.3) is 0 Å². The Bertz CT molecular complexity index is 730. The summed E-state index contributed by atoms with van der Waals surface area (Å²) in [5.41, 5.74) is -0.249. The molecule has 1 amide bonds. The molecule has 5 nitrogen and oxygen atoms in total. The average Bonchev–Trinajstić information content (AvgIpc) is 2.58. The fourth-order valence-electron chi connectivity index (χ4n) is 2.28. The summed E-state index contributed by atoms with van der Waals surface area (Å²) in [5, 5.41) is 5.45. The van der Waals surface area contributed by atoms with Crippen LogP contribution in [0.15, 0.2) is 42.6 Å². The standard InChI is InChI=1S/C18H21F3N4O/c1-25(2)11-5-10-22-17(26)16-9-8-13(12-23-16)24-15-7-4-3-6-14(15)18(19,20)21/h3-4,6-9,12,24H,5,10-11H2,1-2H3,(H,22,26). The maximum Gasteiger partial charge on any atom is 0.418 e. The molecule has 1 aromatic carbocycles. The van der Waals surface area contributed by atoms with E-state index >= 15 is 0 Å². The van der Waals surface area contributed by atoms with Crippen LogP contribution in [-0.4, -0.2) is 43.0 Å². The number of alkyl halides is 3. The molecule has 8 heteroatoms. The highest BCUT2D eigenvalue weighted by Crippen LogP contribution is 2.35. The Hall–Kier alpha value is -2.61. The van der Waals surface area contributed by atoms with Gasteiger partial charge in [0.2, 0.25) is 0 Å². The molecule has 0 spiro atoms. The smallest absolute Gasteiger partial charge is 0.354 e. The van der Waals surface area contributed by atoms with Gasteiger partial charge in [-0.25, -0.2) is 4.98 Å². The van der Waals surface area contributed by atoms with Gasteiger partial charge in [-0.3, -0.25) is 4.79 Å². The molecule has 0 bridgehead atoms. The maximum absolute atomic E-state index is 13.0. The summed E-state index contributed by atoms with van der Waals surface area (Å²) >= 11 is 0. The number of hydrogen-bond donors (Lipinski definition) is 2. The van der Waals surface area contributed by atoms with E-state index in [0.717, 1.165) is 19.0 Å². The number of rotatable bonds is 7. The van der Waals surface area contributed by atoms with Crippen LogP contribution in [-0.2, 0) is 6.18 Å². The summed E-state index contributed by atoms with van der Waals surface area (Å²) in [7, 11) is 3.90. The summed E-state index contributed by atoms with van der Waals surface area (Å²) in [6, 6.07) is 8.19. The summed E-state index contributed by atoms with van der Waals surface area (Å²) < 4.78 is 39.0. The largest absolute Gasteiger partial charge is 0.418 e. The van der Waals surface area contributed by atoms with E-state index < -0.39 is 11.7 Å². The van der Waals surface area contributed by atoms with Crippen LogP contribution in [0, 0.1) is 0 Å². The number of anilines is 2. The first kappa shape index (κ1) is 19.7. The Morgan fingerprint density at radius 2 is 1.88 bits per heavy atom. The minimum Gasteiger partial charge on any atom is -0.354 e. The van der Waals surface area contributed by atoms with E-state index in [1.54, 1.807) is 0 Å². The molecule has 1 aromatic heterocycles. The number of halogens is 3.